The van der Waals surface area contributed by atoms with E-state index in [-0.39, 0.29) is 5.69 Å². The quantitative estimate of drug-likeness (QED) is 0.518. The third-order valence-corrected chi connectivity index (χ3v) is 4.80. The van der Waals surface area contributed by atoms with Gasteiger partial charge >= 0.3 is 6.18 Å². The molecule has 3 nitrogen and oxygen atoms in total. The SMILES string of the molecule is NC(Cc1[nH]nc(-c2ccc(Cl)cc2Cl)c1-c1ccc(Cl)cc1)C(F)(F)F. The van der Waals surface area contributed by atoms with E-state index in [4.69, 9.17) is 40.5 Å². The summed E-state index contributed by atoms with van der Waals surface area (Å²) in [5.74, 6) is 0. The maximum atomic E-state index is 12.9. The number of aromatic amines is 1. The van der Waals surface area contributed by atoms with E-state index in [1.54, 1.807) is 42.5 Å². The molecule has 1 unspecified atom stereocenters. The van der Waals surface area contributed by atoms with Crippen LogP contribution in [0, 0.1) is 0 Å². The summed E-state index contributed by atoms with van der Waals surface area (Å²) < 4.78 is 38.8. The van der Waals surface area contributed by atoms with Gasteiger partial charge in [-0.3, -0.25) is 5.10 Å². The van der Waals surface area contributed by atoms with Crippen LogP contribution in [0.1, 0.15) is 5.69 Å². The number of nitrogens with two attached hydrogens (primary N) is 1. The van der Waals surface area contributed by atoms with Gasteiger partial charge in [-0.15, -0.1) is 0 Å². The minimum atomic E-state index is -4.53. The van der Waals surface area contributed by atoms with Gasteiger partial charge in [0.2, 0.25) is 0 Å². The Labute approximate surface area is 168 Å². The number of alkyl halides is 3. The molecular weight excluding hydrogens is 422 g/mol. The third kappa shape index (κ3) is 4.41. The highest BCUT2D eigenvalue weighted by Crippen LogP contribution is 2.39. The van der Waals surface area contributed by atoms with Crippen LogP contribution in [0.5, 0.6) is 0 Å². The standard InChI is InChI=1S/C18H13Cl3F3N3/c19-10-3-1-9(2-4-10)16-14(8-15(25)18(22,23)24)26-27-17(16)12-6-5-11(20)7-13(12)21/h1-7,15H,8,25H2,(H,26,27). The lowest BCUT2D eigenvalue weighted by Crippen LogP contribution is -2.39. The van der Waals surface area contributed by atoms with Crippen molar-refractivity contribution in [1.82, 2.24) is 10.2 Å². The first-order valence-electron chi connectivity index (χ1n) is 7.77. The molecule has 0 aliphatic carbocycles. The van der Waals surface area contributed by atoms with Crippen LogP contribution >= 0.6 is 34.8 Å². The molecule has 3 rings (SSSR count). The maximum Gasteiger partial charge on any atom is 0.404 e. The van der Waals surface area contributed by atoms with Crippen LogP contribution in [-0.4, -0.2) is 22.4 Å². The fourth-order valence-electron chi connectivity index (χ4n) is 2.67. The normalized spacial score (nSPS) is 13.0. The number of nitrogens with one attached hydrogen (secondary N) is 1. The van der Waals surface area contributed by atoms with Crippen LogP contribution < -0.4 is 5.73 Å². The Morgan fingerprint density at radius 1 is 1.00 bits per heavy atom. The molecule has 2 aromatic carbocycles. The Balaban J connectivity index is 2.15. The summed E-state index contributed by atoms with van der Waals surface area (Å²) in [7, 11) is 0. The van der Waals surface area contributed by atoms with Gasteiger partial charge in [0.05, 0.1) is 5.02 Å². The van der Waals surface area contributed by atoms with Crippen LogP contribution in [0.4, 0.5) is 13.2 Å². The van der Waals surface area contributed by atoms with Gasteiger partial charge in [0, 0.05) is 33.3 Å². The zero-order valence-electron chi connectivity index (χ0n) is 13.6. The molecule has 27 heavy (non-hydrogen) atoms. The van der Waals surface area contributed by atoms with Crippen molar-refractivity contribution in [3.05, 3.63) is 63.2 Å². The molecule has 3 aromatic rings. The van der Waals surface area contributed by atoms with Gasteiger partial charge in [-0.05, 0) is 35.9 Å². The van der Waals surface area contributed by atoms with Crippen molar-refractivity contribution < 1.29 is 13.2 Å². The smallest absolute Gasteiger partial charge is 0.320 e. The Bertz CT molecular complexity index is 953. The molecule has 1 atom stereocenters. The first-order valence-corrected chi connectivity index (χ1v) is 8.91. The molecule has 0 radical (unpaired) electrons. The van der Waals surface area contributed by atoms with Crippen LogP contribution in [0.25, 0.3) is 22.4 Å². The van der Waals surface area contributed by atoms with E-state index in [0.29, 0.717) is 37.5 Å². The number of hydrogen-bond acceptors (Lipinski definition) is 2. The minimum Gasteiger partial charge on any atom is -0.320 e. The van der Waals surface area contributed by atoms with Crippen LogP contribution in [0.3, 0.4) is 0 Å². The highest BCUT2D eigenvalue weighted by molar-refractivity contribution is 6.36. The number of rotatable bonds is 4. The summed E-state index contributed by atoms with van der Waals surface area (Å²) in [4.78, 5) is 0. The average Bonchev–Trinajstić information content (AvgIpc) is 2.98. The molecule has 0 amide bonds. The highest BCUT2D eigenvalue weighted by Gasteiger charge is 2.37. The monoisotopic (exact) mass is 433 g/mol. The lowest BCUT2D eigenvalue weighted by molar-refractivity contribution is -0.147. The second kappa shape index (κ2) is 7.72. The lowest BCUT2D eigenvalue weighted by atomic mass is 9.96. The molecule has 0 fully saturated rings. The molecule has 0 saturated heterocycles. The van der Waals surface area contributed by atoms with Crippen molar-refractivity contribution in [3.63, 3.8) is 0 Å². The van der Waals surface area contributed by atoms with Crippen molar-refractivity contribution in [2.24, 2.45) is 5.73 Å². The molecule has 0 bridgehead atoms. The molecule has 9 heteroatoms. The van der Waals surface area contributed by atoms with Gasteiger partial charge in [0.1, 0.15) is 11.7 Å². The van der Waals surface area contributed by atoms with Gasteiger partial charge < -0.3 is 5.73 Å². The van der Waals surface area contributed by atoms with Crippen LogP contribution in [-0.2, 0) is 6.42 Å². The number of hydrogen-bond donors (Lipinski definition) is 2. The van der Waals surface area contributed by atoms with Gasteiger partial charge in [0.15, 0.2) is 0 Å². The zero-order chi connectivity index (χ0) is 19.8. The Morgan fingerprint density at radius 3 is 2.22 bits per heavy atom. The molecule has 0 spiro atoms. The number of H-pyrrole nitrogens is 1. The summed E-state index contributed by atoms with van der Waals surface area (Å²) in [6.07, 6.45) is -4.99. The van der Waals surface area contributed by atoms with Crippen LogP contribution in [0.2, 0.25) is 15.1 Å². The molecule has 0 aliphatic rings. The summed E-state index contributed by atoms with van der Waals surface area (Å²) in [6.45, 7) is 0. The lowest BCUT2D eigenvalue weighted by Gasteiger charge is -2.16. The molecular formula is C18H13Cl3F3N3. The molecule has 0 aliphatic heterocycles. The predicted octanol–water partition coefficient (Wildman–Crippen LogP) is 6.14. The Hall–Kier alpha value is -1.73. The predicted molar refractivity (Wildman–Crippen MR) is 102 cm³/mol. The van der Waals surface area contributed by atoms with Crippen molar-refractivity contribution in [2.75, 3.05) is 0 Å². The summed E-state index contributed by atoms with van der Waals surface area (Å²) in [5, 5.41) is 8.15. The van der Waals surface area contributed by atoms with E-state index in [9.17, 15) is 13.2 Å². The fourth-order valence-corrected chi connectivity index (χ4v) is 3.29. The van der Waals surface area contributed by atoms with Gasteiger partial charge in [-0.1, -0.05) is 46.9 Å². The number of aromatic nitrogens is 2. The first kappa shape index (κ1) is 20.0. The molecule has 3 N–H and O–H groups in total. The van der Waals surface area contributed by atoms with E-state index in [1.807, 2.05) is 0 Å². The van der Waals surface area contributed by atoms with Crippen molar-refractivity contribution in [3.8, 4) is 22.4 Å². The largest absolute Gasteiger partial charge is 0.404 e. The summed E-state index contributed by atoms with van der Waals surface area (Å²) in [5.41, 5.74) is 7.63. The number of nitrogens with zero attached hydrogens (tertiary/aromatic N) is 1. The molecule has 1 aromatic heterocycles. The van der Waals surface area contributed by atoms with Gasteiger partial charge in [-0.25, -0.2) is 0 Å². The van der Waals surface area contributed by atoms with Gasteiger partial charge in [0.25, 0.3) is 0 Å². The van der Waals surface area contributed by atoms with E-state index in [1.165, 1.54) is 0 Å². The minimum absolute atomic E-state index is 0.253. The van der Waals surface area contributed by atoms with E-state index < -0.39 is 18.6 Å². The van der Waals surface area contributed by atoms with E-state index in [0.717, 1.165) is 0 Å². The van der Waals surface area contributed by atoms with Gasteiger partial charge in [-0.2, -0.15) is 18.3 Å². The first-order chi connectivity index (χ1) is 12.7. The number of halogens is 6. The highest BCUT2D eigenvalue weighted by atomic mass is 35.5. The van der Waals surface area contributed by atoms with Crippen molar-refractivity contribution in [2.45, 2.75) is 18.6 Å². The molecule has 142 valence electrons. The van der Waals surface area contributed by atoms with Crippen LogP contribution in [0.15, 0.2) is 42.5 Å². The summed E-state index contributed by atoms with van der Waals surface area (Å²) in [6, 6.07) is 9.48. The third-order valence-electron chi connectivity index (χ3n) is 4.00. The summed E-state index contributed by atoms with van der Waals surface area (Å²) >= 11 is 18.1. The number of benzene rings is 2. The van der Waals surface area contributed by atoms with Crippen molar-refractivity contribution in [1.29, 1.82) is 0 Å². The van der Waals surface area contributed by atoms with E-state index in [2.05, 4.69) is 10.2 Å². The van der Waals surface area contributed by atoms with Crippen molar-refractivity contribution >= 4 is 34.8 Å². The molecule has 1 heterocycles. The van der Waals surface area contributed by atoms with E-state index >= 15 is 0 Å². The Morgan fingerprint density at radius 2 is 1.63 bits per heavy atom. The topological polar surface area (TPSA) is 54.7 Å². The zero-order valence-corrected chi connectivity index (χ0v) is 15.9. The Kier molecular flexibility index (Phi) is 5.72. The second-order valence-corrected chi connectivity index (χ2v) is 7.19. The second-order valence-electron chi connectivity index (χ2n) is 5.91. The fraction of sp³-hybridized carbons (Fsp3) is 0.167. The maximum absolute atomic E-state index is 12.9. The average molecular weight is 435 g/mol. The molecule has 0 saturated carbocycles.